The predicted octanol–water partition coefficient (Wildman–Crippen LogP) is 0.711. The Morgan fingerprint density at radius 1 is 1.26 bits per heavy atom. The van der Waals surface area contributed by atoms with Gasteiger partial charge >= 0.3 is 0 Å². The highest BCUT2D eigenvalue weighted by molar-refractivity contribution is 7.88. The van der Waals surface area contributed by atoms with Crippen LogP contribution in [0.3, 0.4) is 0 Å². The molecule has 0 saturated carbocycles. The van der Waals surface area contributed by atoms with Crippen LogP contribution in [0.5, 0.6) is 0 Å². The van der Waals surface area contributed by atoms with Gasteiger partial charge in [0.05, 0.1) is 19.4 Å². The van der Waals surface area contributed by atoms with Crippen molar-refractivity contribution in [3.05, 3.63) is 34.9 Å². The Labute approximate surface area is 165 Å². The molecule has 0 aromatic heterocycles. The number of carbonyl (C=O) groups is 2. The van der Waals surface area contributed by atoms with E-state index in [9.17, 15) is 18.0 Å². The summed E-state index contributed by atoms with van der Waals surface area (Å²) in [5.41, 5.74) is 0.770. The maximum absolute atomic E-state index is 12.7. The van der Waals surface area contributed by atoms with Crippen LogP contribution in [0.4, 0.5) is 0 Å². The number of methoxy groups -OCH3 is 1. The highest BCUT2D eigenvalue weighted by Gasteiger charge is 2.28. The van der Waals surface area contributed by atoms with Crippen molar-refractivity contribution in [1.82, 2.24) is 14.5 Å². The number of hydrogen-bond donors (Lipinski definition) is 1. The Morgan fingerprint density at radius 3 is 2.37 bits per heavy atom. The molecule has 0 unspecified atom stereocenters. The third kappa shape index (κ3) is 7.84. The summed E-state index contributed by atoms with van der Waals surface area (Å²) in [5.74, 6) is -0.830. The summed E-state index contributed by atoms with van der Waals surface area (Å²) in [6.45, 7) is 2.04. The van der Waals surface area contributed by atoms with E-state index in [1.807, 2.05) is 0 Å². The molecular weight excluding hydrogens is 394 g/mol. The van der Waals surface area contributed by atoms with Crippen molar-refractivity contribution in [3.63, 3.8) is 0 Å². The van der Waals surface area contributed by atoms with Gasteiger partial charge in [0.2, 0.25) is 21.8 Å². The molecule has 0 saturated heterocycles. The van der Waals surface area contributed by atoms with Gasteiger partial charge in [-0.3, -0.25) is 9.59 Å². The largest absolute Gasteiger partial charge is 0.383 e. The summed E-state index contributed by atoms with van der Waals surface area (Å²) in [5, 5.41) is 3.24. The van der Waals surface area contributed by atoms with Gasteiger partial charge in [0.25, 0.3) is 0 Å². The molecule has 152 valence electrons. The molecule has 1 rings (SSSR count). The van der Waals surface area contributed by atoms with E-state index in [4.69, 9.17) is 16.3 Å². The first-order valence-corrected chi connectivity index (χ1v) is 10.5. The Morgan fingerprint density at radius 2 is 1.85 bits per heavy atom. The van der Waals surface area contributed by atoms with E-state index >= 15 is 0 Å². The summed E-state index contributed by atoms with van der Waals surface area (Å²) in [6, 6.07) is 6.08. The van der Waals surface area contributed by atoms with Crippen LogP contribution in [0, 0.1) is 0 Å². The first-order valence-electron chi connectivity index (χ1n) is 8.28. The highest BCUT2D eigenvalue weighted by Crippen LogP contribution is 2.14. The summed E-state index contributed by atoms with van der Waals surface area (Å²) < 4.78 is 29.1. The van der Waals surface area contributed by atoms with Crippen molar-refractivity contribution < 1.29 is 22.7 Å². The zero-order valence-corrected chi connectivity index (χ0v) is 17.5. The molecule has 0 bridgehead atoms. The third-order valence-electron chi connectivity index (χ3n) is 3.96. The highest BCUT2D eigenvalue weighted by atomic mass is 35.5. The zero-order chi connectivity index (χ0) is 20.6. The van der Waals surface area contributed by atoms with Crippen LogP contribution >= 0.6 is 11.6 Å². The average molecular weight is 420 g/mol. The van der Waals surface area contributed by atoms with Gasteiger partial charge in [0.15, 0.2) is 0 Å². The molecular formula is C17H26ClN3O5S. The second-order valence-electron chi connectivity index (χ2n) is 6.13. The maximum atomic E-state index is 12.7. The first kappa shape index (κ1) is 23.4. The molecule has 27 heavy (non-hydrogen) atoms. The Hall–Kier alpha value is -1.68. The molecule has 0 heterocycles. The van der Waals surface area contributed by atoms with Crippen LogP contribution in [0.15, 0.2) is 24.3 Å². The van der Waals surface area contributed by atoms with E-state index in [0.717, 1.165) is 16.1 Å². The van der Waals surface area contributed by atoms with Crippen LogP contribution in [-0.2, 0) is 30.9 Å². The number of benzene rings is 1. The van der Waals surface area contributed by atoms with Gasteiger partial charge < -0.3 is 15.0 Å². The third-order valence-corrected chi connectivity index (χ3v) is 5.48. The van der Waals surface area contributed by atoms with Gasteiger partial charge in [-0.1, -0.05) is 23.7 Å². The number of halogens is 1. The second kappa shape index (κ2) is 10.6. The fraction of sp³-hybridized carbons (Fsp3) is 0.529. The lowest BCUT2D eigenvalue weighted by molar-refractivity contribution is -0.140. The number of nitrogens with one attached hydrogen (secondary N) is 1. The molecule has 0 aliphatic carbocycles. The van der Waals surface area contributed by atoms with Crippen molar-refractivity contribution in [3.8, 4) is 0 Å². The quantitative estimate of drug-likeness (QED) is 0.563. The minimum absolute atomic E-state index is 0.145. The molecule has 0 aliphatic rings. The topological polar surface area (TPSA) is 96.0 Å². The molecule has 0 radical (unpaired) electrons. The normalized spacial score (nSPS) is 12.7. The molecule has 10 heteroatoms. The van der Waals surface area contributed by atoms with Crippen LogP contribution in [-0.4, -0.2) is 75.6 Å². The Balaban J connectivity index is 2.98. The second-order valence-corrected chi connectivity index (χ2v) is 8.65. The van der Waals surface area contributed by atoms with Gasteiger partial charge in [-0.15, -0.1) is 0 Å². The van der Waals surface area contributed by atoms with E-state index in [1.165, 1.54) is 19.1 Å². The monoisotopic (exact) mass is 419 g/mol. The predicted molar refractivity (Wildman–Crippen MR) is 104 cm³/mol. The average Bonchev–Trinajstić information content (AvgIpc) is 2.59. The number of likely N-dealkylation sites (N-methyl/N-ethyl adjacent to an activating group) is 1. The molecule has 2 amide bonds. The summed E-state index contributed by atoms with van der Waals surface area (Å²) >= 11 is 5.88. The first-order chi connectivity index (χ1) is 12.6. The van der Waals surface area contributed by atoms with Gasteiger partial charge in [-0.2, -0.15) is 4.31 Å². The summed E-state index contributed by atoms with van der Waals surface area (Å²) in [6.07, 6.45) is 1.02. The van der Waals surface area contributed by atoms with E-state index in [2.05, 4.69) is 5.32 Å². The van der Waals surface area contributed by atoms with Crippen molar-refractivity contribution in [1.29, 1.82) is 0 Å². The fourth-order valence-electron chi connectivity index (χ4n) is 2.19. The van der Waals surface area contributed by atoms with E-state index in [1.54, 1.807) is 31.2 Å². The van der Waals surface area contributed by atoms with Crippen LogP contribution in [0.1, 0.15) is 12.5 Å². The van der Waals surface area contributed by atoms with Gasteiger partial charge in [-0.25, -0.2) is 8.42 Å². The Kier molecular flexibility index (Phi) is 9.17. The number of amides is 2. The number of hydrogen-bond acceptors (Lipinski definition) is 5. The van der Waals surface area contributed by atoms with Gasteiger partial charge in [0, 0.05) is 32.3 Å². The minimum atomic E-state index is -3.52. The molecule has 1 aromatic rings. The minimum Gasteiger partial charge on any atom is -0.383 e. The molecule has 0 aliphatic heterocycles. The standard InChI is InChI=1S/C17H26ClN3O5S/c1-13(17(23)19-9-10-26-3)21(11-14-5-7-15(18)8-6-14)16(22)12-20(2)27(4,24)25/h5-8,13H,9-12H2,1-4H3,(H,19,23)/t13-/m0/s1. The number of carbonyl (C=O) groups excluding carboxylic acids is 2. The number of rotatable bonds is 10. The lowest BCUT2D eigenvalue weighted by atomic mass is 10.1. The Bertz CT molecular complexity index is 739. The molecule has 0 spiro atoms. The molecule has 0 fully saturated rings. The van der Waals surface area contributed by atoms with Crippen molar-refractivity contribution in [2.24, 2.45) is 0 Å². The van der Waals surface area contributed by atoms with E-state index in [0.29, 0.717) is 18.2 Å². The lowest BCUT2D eigenvalue weighted by Gasteiger charge is -2.30. The smallest absolute Gasteiger partial charge is 0.242 e. The van der Waals surface area contributed by atoms with Crippen LogP contribution < -0.4 is 5.32 Å². The van der Waals surface area contributed by atoms with Crippen molar-refractivity contribution in [2.45, 2.75) is 19.5 Å². The van der Waals surface area contributed by atoms with Crippen LogP contribution in [0.25, 0.3) is 0 Å². The summed E-state index contributed by atoms with van der Waals surface area (Å²) in [4.78, 5) is 26.5. The lowest BCUT2D eigenvalue weighted by Crippen LogP contribution is -2.50. The number of ether oxygens (including phenoxy) is 1. The summed E-state index contributed by atoms with van der Waals surface area (Å²) in [7, 11) is -0.685. The van der Waals surface area contributed by atoms with Gasteiger partial charge in [0.1, 0.15) is 6.04 Å². The maximum Gasteiger partial charge on any atom is 0.242 e. The SMILES string of the molecule is COCCNC(=O)[C@H](C)N(Cc1ccc(Cl)cc1)C(=O)CN(C)S(C)(=O)=O. The molecule has 8 nitrogen and oxygen atoms in total. The van der Waals surface area contributed by atoms with Crippen molar-refractivity contribution >= 4 is 33.4 Å². The van der Waals surface area contributed by atoms with Crippen LogP contribution in [0.2, 0.25) is 5.02 Å². The molecule has 1 aromatic carbocycles. The molecule has 1 atom stereocenters. The fourth-order valence-corrected chi connectivity index (χ4v) is 2.66. The number of sulfonamides is 1. The van der Waals surface area contributed by atoms with E-state index < -0.39 is 22.0 Å². The molecule has 1 N–H and O–H groups in total. The number of nitrogens with zero attached hydrogens (tertiary/aromatic N) is 2. The van der Waals surface area contributed by atoms with E-state index in [-0.39, 0.29) is 19.0 Å². The van der Waals surface area contributed by atoms with Crippen molar-refractivity contribution in [2.75, 3.05) is 40.1 Å². The zero-order valence-electron chi connectivity index (χ0n) is 15.9. The van der Waals surface area contributed by atoms with Gasteiger partial charge in [-0.05, 0) is 24.6 Å².